The molecule has 0 aromatic rings. The quantitative estimate of drug-likeness (QED) is 0.323. The van der Waals surface area contributed by atoms with Crippen LogP contribution in [0.1, 0.15) is 0 Å². The zero-order chi connectivity index (χ0) is 4.99. The van der Waals surface area contributed by atoms with E-state index in [2.05, 4.69) is 9.93 Å². The van der Waals surface area contributed by atoms with E-state index in [1.54, 1.807) is 9.24 Å². The molecule has 0 aliphatic rings. The van der Waals surface area contributed by atoms with Crippen molar-refractivity contribution >= 4 is 9.24 Å². The Morgan fingerprint density at radius 1 is 1.83 bits per heavy atom. The van der Waals surface area contributed by atoms with Crippen LogP contribution in [0.3, 0.4) is 0 Å². The van der Waals surface area contributed by atoms with Crippen molar-refractivity contribution in [3.05, 3.63) is 0 Å². The molecule has 0 aliphatic carbocycles. The number of halogens is 1. The maximum absolute atomic E-state index is 11.2. The zero-order valence-corrected chi connectivity index (χ0v) is 3.95. The average Bonchev–Trinajstić information content (AvgIpc) is 1.35. The van der Waals surface area contributed by atoms with Crippen molar-refractivity contribution in [2.24, 2.45) is 0 Å². The fourth-order valence-electron chi connectivity index (χ4n) is 0.0411. The fraction of sp³-hybridized carbons (Fsp3) is 1.00. The van der Waals surface area contributed by atoms with Crippen LogP contribution in [-0.4, -0.2) is 11.4 Å². The maximum atomic E-state index is 11.2. The van der Waals surface area contributed by atoms with E-state index in [1.807, 2.05) is 0 Å². The monoisotopic (exact) mass is 114 g/mol. The van der Waals surface area contributed by atoms with Gasteiger partial charge in [-0.3, -0.25) is 0 Å². The first-order valence-electron chi connectivity index (χ1n) is 1.14. The van der Waals surface area contributed by atoms with Crippen LogP contribution in [0.5, 0.6) is 0 Å². The van der Waals surface area contributed by atoms with E-state index in [9.17, 15) is 4.39 Å². The van der Waals surface area contributed by atoms with E-state index in [4.69, 9.17) is 5.26 Å². The minimum Gasteiger partial charge on any atom is -0.221 e. The molecule has 3 nitrogen and oxygen atoms in total. The Labute approximate surface area is 36.1 Å². The summed E-state index contributed by atoms with van der Waals surface area (Å²) in [6, 6.07) is 0. The SMILES string of the molecule is OOOC(F)P. The topological polar surface area (TPSA) is 38.7 Å². The predicted molar refractivity (Wildman–Crippen MR) is 19.4 cm³/mol. The molecule has 0 spiro atoms. The molecular weight excluding hydrogens is 110 g/mol. The predicted octanol–water partition coefficient (Wildman–Crippen LogP) is 0.536. The van der Waals surface area contributed by atoms with Crippen molar-refractivity contribution in [2.75, 3.05) is 0 Å². The summed E-state index contributed by atoms with van der Waals surface area (Å²) in [5.74, 6) is 0. The van der Waals surface area contributed by atoms with E-state index in [0.29, 0.717) is 0 Å². The second kappa shape index (κ2) is 3.43. The number of hydrogen-bond acceptors (Lipinski definition) is 3. The first-order chi connectivity index (χ1) is 2.77. The molecule has 2 unspecified atom stereocenters. The molecule has 0 radical (unpaired) electrons. The van der Waals surface area contributed by atoms with Gasteiger partial charge >= 0.3 is 0 Å². The van der Waals surface area contributed by atoms with Crippen LogP contribution in [0.4, 0.5) is 4.39 Å². The molecule has 2 atom stereocenters. The molecule has 1 N–H and O–H groups in total. The summed E-state index contributed by atoms with van der Waals surface area (Å²) in [5.41, 5.74) is 0. The summed E-state index contributed by atoms with van der Waals surface area (Å²) in [6.07, 6.45) is -1.66. The Hall–Kier alpha value is 0.240. The molecule has 0 aromatic heterocycles. The van der Waals surface area contributed by atoms with Gasteiger partial charge in [-0.1, -0.05) is 14.3 Å². The lowest BCUT2D eigenvalue weighted by atomic mass is 11.6. The van der Waals surface area contributed by atoms with Crippen LogP contribution < -0.4 is 0 Å². The zero-order valence-electron chi connectivity index (χ0n) is 2.80. The first kappa shape index (κ1) is 6.24. The summed E-state index contributed by atoms with van der Waals surface area (Å²) in [4.78, 5) is 3.39. The highest BCUT2D eigenvalue weighted by Gasteiger charge is 1.92. The molecule has 0 aliphatic heterocycles. The second-order valence-corrected chi connectivity index (χ2v) is 1.05. The van der Waals surface area contributed by atoms with E-state index in [1.165, 1.54) is 0 Å². The standard InChI is InChI=1S/CH4FO3P/c2-1(6)4-5-3/h1,3H,6H2. The molecule has 0 amide bonds. The number of rotatable bonds is 2. The van der Waals surface area contributed by atoms with Crippen LogP contribution in [-0.2, 0) is 9.93 Å². The fourth-order valence-corrected chi connectivity index (χ4v) is 0.0908. The normalized spacial score (nSPS) is 14.5. The van der Waals surface area contributed by atoms with E-state index < -0.39 is 6.10 Å². The minimum atomic E-state index is -1.66. The number of hydrogen-bond donors (Lipinski definition) is 1. The molecule has 0 saturated heterocycles. The molecule has 6 heavy (non-hydrogen) atoms. The summed E-state index contributed by atoms with van der Waals surface area (Å²) in [5, 5.41) is 10.2. The van der Waals surface area contributed by atoms with Gasteiger partial charge in [0.05, 0.1) is 0 Å². The maximum Gasteiger partial charge on any atom is 0.245 e. The van der Waals surface area contributed by atoms with Gasteiger partial charge < -0.3 is 0 Å². The van der Waals surface area contributed by atoms with Gasteiger partial charge in [0.15, 0.2) is 0 Å². The molecule has 5 heteroatoms. The Bertz CT molecular complexity index is 32.0. The lowest BCUT2D eigenvalue weighted by Crippen LogP contribution is -1.93. The van der Waals surface area contributed by atoms with E-state index in [0.717, 1.165) is 0 Å². The van der Waals surface area contributed by atoms with E-state index in [-0.39, 0.29) is 0 Å². The molecular formula is CH4FO3P. The lowest BCUT2D eigenvalue weighted by Gasteiger charge is -1.92. The lowest BCUT2D eigenvalue weighted by molar-refractivity contribution is -0.506. The van der Waals surface area contributed by atoms with Gasteiger partial charge in [-0.05, 0) is 0 Å². The van der Waals surface area contributed by atoms with Crippen LogP contribution in [0.2, 0.25) is 0 Å². The van der Waals surface area contributed by atoms with Crippen molar-refractivity contribution in [1.82, 2.24) is 0 Å². The highest BCUT2D eigenvalue weighted by atomic mass is 31.0. The third kappa shape index (κ3) is 4.24. The van der Waals surface area contributed by atoms with Crippen molar-refractivity contribution in [3.63, 3.8) is 0 Å². The summed E-state index contributed by atoms with van der Waals surface area (Å²) in [6.45, 7) is 0. The van der Waals surface area contributed by atoms with Crippen molar-refractivity contribution < 1.29 is 19.6 Å². The molecule has 0 rings (SSSR count). The smallest absolute Gasteiger partial charge is 0.221 e. The highest BCUT2D eigenvalue weighted by molar-refractivity contribution is 7.16. The highest BCUT2D eigenvalue weighted by Crippen LogP contribution is 2.00. The van der Waals surface area contributed by atoms with Crippen molar-refractivity contribution in [3.8, 4) is 0 Å². The largest absolute Gasteiger partial charge is 0.245 e. The molecule has 0 heterocycles. The molecule has 38 valence electrons. The van der Waals surface area contributed by atoms with Crippen LogP contribution in [0.25, 0.3) is 0 Å². The van der Waals surface area contributed by atoms with Crippen LogP contribution in [0.15, 0.2) is 0 Å². The van der Waals surface area contributed by atoms with E-state index >= 15 is 0 Å². The Morgan fingerprint density at radius 3 is 2.33 bits per heavy atom. The third-order valence-corrected chi connectivity index (χ3v) is 0.246. The molecule has 0 fully saturated rings. The van der Waals surface area contributed by atoms with Gasteiger partial charge in [-0.15, -0.1) is 0 Å². The summed E-state index contributed by atoms with van der Waals surface area (Å²) < 4.78 is 11.2. The second-order valence-electron chi connectivity index (χ2n) is 0.522. The van der Waals surface area contributed by atoms with Gasteiger partial charge in [0.1, 0.15) is 0 Å². The van der Waals surface area contributed by atoms with Crippen molar-refractivity contribution in [1.29, 1.82) is 0 Å². The number of alkyl halides is 1. The van der Waals surface area contributed by atoms with Crippen molar-refractivity contribution in [2.45, 2.75) is 6.10 Å². The minimum absolute atomic E-state index is 1.60. The molecule has 0 saturated carbocycles. The summed E-state index contributed by atoms with van der Waals surface area (Å²) in [7, 11) is 1.60. The molecule has 0 bridgehead atoms. The first-order valence-corrected chi connectivity index (χ1v) is 1.80. The average molecular weight is 114 g/mol. The van der Waals surface area contributed by atoms with Gasteiger partial charge in [-0.2, -0.15) is 4.89 Å². The van der Waals surface area contributed by atoms with Crippen LogP contribution >= 0.6 is 9.24 Å². The van der Waals surface area contributed by atoms with Gasteiger partial charge in [0.25, 0.3) is 0 Å². The van der Waals surface area contributed by atoms with Gasteiger partial charge in [0, 0.05) is 0 Å². The third-order valence-electron chi connectivity index (χ3n) is 0.135. The van der Waals surface area contributed by atoms with Gasteiger partial charge in [0.2, 0.25) is 6.10 Å². The Morgan fingerprint density at radius 2 is 2.33 bits per heavy atom. The molecule has 0 aromatic carbocycles. The Balaban J connectivity index is 2.63. The Kier molecular flexibility index (Phi) is 3.57. The summed E-state index contributed by atoms with van der Waals surface area (Å²) >= 11 is 0. The van der Waals surface area contributed by atoms with Crippen LogP contribution in [0, 0.1) is 0 Å². The van der Waals surface area contributed by atoms with Gasteiger partial charge in [-0.25, -0.2) is 9.65 Å².